The van der Waals surface area contributed by atoms with Crippen LogP contribution >= 0.6 is 0 Å². The van der Waals surface area contributed by atoms with E-state index < -0.39 is 73.1 Å². The maximum atomic E-state index is 12.2. The number of carbonyl (C=O) groups is 6. The van der Waals surface area contributed by atoms with Crippen LogP contribution in [-0.4, -0.2) is 85.6 Å². The number of carboxylic acids is 3. The minimum absolute atomic E-state index is 0.0375. The van der Waals surface area contributed by atoms with E-state index in [4.69, 9.17) is 21.1 Å². The zero-order valence-corrected chi connectivity index (χ0v) is 16.0. The molecule has 170 valence electrons. The first-order valence-electron chi connectivity index (χ1n) is 8.76. The Hall–Kier alpha value is -4.01. The van der Waals surface area contributed by atoms with Crippen LogP contribution in [0.15, 0.2) is 12.5 Å². The number of H-pyrrole nitrogens is 1. The van der Waals surface area contributed by atoms with Gasteiger partial charge in [0.1, 0.15) is 12.1 Å². The molecule has 0 aromatic carbocycles. The lowest BCUT2D eigenvalue weighted by Crippen LogP contribution is -2.54. The Kier molecular flexibility index (Phi) is 9.58. The Morgan fingerprint density at radius 1 is 0.968 bits per heavy atom. The largest absolute Gasteiger partial charge is 0.481 e. The molecule has 0 saturated heterocycles. The monoisotopic (exact) mass is 442 g/mol. The van der Waals surface area contributed by atoms with Crippen molar-refractivity contribution in [3.8, 4) is 0 Å². The summed E-state index contributed by atoms with van der Waals surface area (Å²) in [6, 6.07) is -4.42. The van der Waals surface area contributed by atoms with Crippen LogP contribution in [0.5, 0.6) is 0 Å². The Labute approximate surface area is 174 Å². The van der Waals surface area contributed by atoms with Crippen molar-refractivity contribution in [2.45, 2.75) is 37.4 Å². The normalized spacial score (nSPS) is 13.3. The topological polar surface area (TPSA) is 254 Å². The molecule has 0 spiro atoms. The molecule has 1 aromatic rings. The number of amides is 3. The van der Waals surface area contributed by atoms with Crippen LogP contribution in [0.4, 0.5) is 0 Å². The van der Waals surface area contributed by atoms with Crippen LogP contribution < -0.4 is 21.7 Å². The molecule has 0 aliphatic heterocycles. The first-order chi connectivity index (χ1) is 14.5. The number of hydrogen-bond donors (Lipinski definition) is 8. The Balaban J connectivity index is 2.65. The van der Waals surface area contributed by atoms with Gasteiger partial charge in [-0.15, -0.1) is 0 Å². The fourth-order valence-electron chi connectivity index (χ4n) is 2.30. The summed E-state index contributed by atoms with van der Waals surface area (Å²) in [6.45, 7) is -0.783. The van der Waals surface area contributed by atoms with E-state index in [9.17, 15) is 28.8 Å². The third kappa shape index (κ3) is 9.35. The molecule has 15 heteroatoms. The summed E-state index contributed by atoms with van der Waals surface area (Å²) in [5.41, 5.74) is 6.26. The molecule has 0 radical (unpaired) electrons. The third-order valence-corrected chi connectivity index (χ3v) is 3.78. The highest BCUT2D eigenvalue weighted by atomic mass is 16.4. The van der Waals surface area contributed by atoms with Gasteiger partial charge in [0.25, 0.3) is 0 Å². The molecule has 3 atom stereocenters. The maximum absolute atomic E-state index is 12.2. The fraction of sp³-hybridized carbons (Fsp3) is 0.438. The van der Waals surface area contributed by atoms with Crippen molar-refractivity contribution in [3.05, 3.63) is 18.2 Å². The van der Waals surface area contributed by atoms with Gasteiger partial charge >= 0.3 is 17.9 Å². The van der Waals surface area contributed by atoms with E-state index in [1.54, 1.807) is 0 Å². The summed E-state index contributed by atoms with van der Waals surface area (Å²) in [5, 5.41) is 32.6. The van der Waals surface area contributed by atoms with E-state index in [1.807, 2.05) is 10.6 Å². The summed E-state index contributed by atoms with van der Waals surface area (Å²) in [6.07, 6.45) is 1.14. The van der Waals surface area contributed by atoms with Gasteiger partial charge in [0.2, 0.25) is 17.7 Å². The van der Waals surface area contributed by atoms with Crippen molar-refractivity contribution in [3.63, 3.8) is 0 Å². The molecule has 31 heavy (non-hydrogen) atoms. The summed E-state index contributed by atoms with van der Waals surface area (Å²) < 4.78 is 0. The van der Waals surface area contributed by atoms with Gasteiger partial charge in [-0.25, -0.2) is 9.78 Å². The van der Waals surface area contributed by atoms with E-state index >= 15 is 0 Å². The van der Waals surface area contributed by atoms with Crippen LogP contribution in [-0.2, 0) is 35.2 Å². The second-order valence-corrected chi connectivity index (χ2v) is 6.32. The van der Waals surface area contributed by atoms with Crippen molar-refractivity contribution in [2.24, 2.45) is 5.73 Å². The molecule has 0 fully saturated rings. The van der Waals surface area contributed by atoms with Gasteiger partial charge < -0.3 is 42.0 Å². The summed E-state index contributed by atoms with van der Waals surface area (Å²) in [5.74, 6) is -7.37. The quantitative estimate of drug-likeness (QED) is 0.148. The highest BCUT2D eigenvalue weighted by Gasteiger charge is 2.28. The second-order valence-electron chi connectivity index (χ2n) is 6.32. The van der Waals surface area contributed by atoms with Gasteiger partial charge in [0.15, 0.2) is 0 Å². The molecule has 1 heterocycles. The number of aliphatic carboxylic acids is 3. The number of nitrogens with one attached hydrogen (secondary N) is 4. The molecular weight excluding hydrogens is 420 g/mol. The Bertz CT molecular complexity index is 826. The SMILES string of the molecule is NC(Cc1cnc[nH]1)C(=O)NC(CC(=O)O)C(=O)NCC(=O)NC(CC(=O)O)C(=O)O. The molecule has 0 aliphatic carbocycles. The van der Waals surface area contributed by atoms with E-state index in [0.717, 1.165) is 0 Å². The number of aromatic amines is 1. The lowest BCUT2D eigenvalue weighted by Gasteiger charge is -2.19. The lowest BCUT2D eigenvalue weighted by atomic mass is 10.1. The van der Waals surface area contributed by atoms with E-state index in [2.05, 4.69) is 15.3 Å². The first kappa shape index (κ1) is 25.0. The van der Waals surface area contributed by atoms with Crippen molar-refractivity contribution in [2.75, 3.05) is 6.54 Å². The van der Waals surface area contributed by atoms with Crippen molar-refractivity contribution >= 4 is 35.6 Å². The number of nitrogens with two attached hydrogens (primary N) is 1. The zero-order valence-electron chi connectivity index (χ0n) is 16.0. The highest BCUT2D eigenvalue weighted by Crippen LogP contribution is 1.99. The van der Waals surface area contributed by atoms with Gasteiger partial charge in [-0.05, 0) is 0 Å². The van der Waals surface area contributed by atoms with Crippen LogP contribution in [0.2, 0.25) is 0 Å². The average molecular weight is 442 g/mol. The number of nitrogens with zero attached hydrogens (tertiary/aromatic N) is 1. The van der Waals surface area contributed by atoms with Crippen molar-refractivity contribution in [1.29, 1.82) is 0 Å². The molecule has 1 aromatic heterocycles. The number of imidazole rings is 1. The molecular formula is C16H22N6O9. The van der Waals surface area contributed by atoms with Crippen molar-refractivity contribution < 1.29 is 44.1 Å². The first-order valence-corrected chi connectivity index (χ1v) is 8.76. The Morgan fingerprint density at radius 2 is 1.58 bits per heavy atom. The predicted octanol–water partition coefficient (Wildman–Crippen LogP) is -3.60. The number of hydrogen-bond acceptors (Lipinski definition) is 8. The molecule has 3 amide bonds. The standard InChI is InChI=1S/C16H22N6O9/c17-8(1-7-4-18-6-20-7)14(28)22-9(2-12(24)25)15(29)19-5-11(23)21-10(16(30)31)3-13(26)27/h4,6,8-10H,1-3,5,17H2,(H,18,20)(H,19,29)(H,21,23)(H,22,28)(H,24,25)(H,26,27)(H,30,31). The van der Waals surface area contributed by atoms with Crippen molar-refractivity contribution in [1.82, 2.24) is 25.9 Å². The minimum Gasteiger partial charge on any atom is -0.481 e. The van der Waals surface area contributed by atoms with Gasteiger partial charge in [-0.2, -0.15) is 0 Å². The average Bonchev–Trinajstić information content (AvgIpc) is 3.17. The summed E-state index contributed by atoms with van der Waals surface area (Å²) in [7, 11) is 0. The molecule has 9 N–H and O–H groups in total. The minimum atomic E-state index is -1.73. The van der Waals surface area contributed by atoms with Gasteiger partial charge in [-0.3, -0.25) is 24.0 Å². The lowest BCUT2D eigenvalue weighted by molar-refractivity contribution is -0.147. The molecule has 1 rings (SSSR count). The zero-order chi connectivity index (χ0) is 23.6. The molecule has 0 saturated carbocycles. The van der Waals surface area contributed by atoms with Gasteiger partial charge in [0, 0.05) is 18.3 Å². The van der Waals surface area contributed by atoms with E-state index in [-0.39, 0.29) is 6.42 Å². The third-order valence-electron chi connectivity index (χ3n) is 3.78. The maximum Gasteiger partial charge on any atom is 0.326 e. The molecule has 15 nitrogen and oxygen atoms in total. The Morgan fingerprint density at radius 3 is 2.10 bits per heavy atom. The van der Waals surface area contributed by atoms with Crippen LogP contribution in [0.1, 0.15) is 18.5 Å². The summed E-state index contributed by atoms with van der Waals surface area (Å²) >= 11 is 0. The smallest absolute Gasteiger partial charge is 0.326 e. The fourth-order valence-corrected chi connectivity index (χ4v) is 2.30. The van der Waals surface area contributed by atoms with E-state index in [1.165, 1.54) is 12.5 Å². The number of aromatic nitrogens is 2. The number of carboxylic acid groups (broad SMARTS) is 3. The van der Waals surface area contributed by atoms with Crippen LogP contribution in [0.3, 0.4) is 0 Å². The van der Waals surface area contributed by atoms with Gasteiger partial charge in [-0.1, -0.05) is 0 Å². The van der Waals surface area contributed by atoms with E-state index in [0.29, 0.717) is 5.69 Å². The number of rotatable bonds is 13. The predicted molar refractivity (Wildman–Crippen MR) is 99.3 cm³/mol. The number of carbonyl (C=O) groups excluding carboxylic acids is 3. The van der Waals surface area contributed by atoms with Gasteiger partial charge in [0.05, 0.1) is 31.8 Å². The van der Waals surface area contributed by atoms with Crippen LogP contribution in [0.25, 0.3) is 0 Å². The molecule has 0 aliphatic rings. The second kappa shape index (κ2) is 11.9. The molecule has 0 bridgehead atoms. The highest BCUT2D eigenvalue weighted by molar-refractivity contribution is 5.94. The molecule has 3 unspecified atom stereocenters. The summed E-state index contributed by atoms with van der Waals surface area (Å²) in [4.78, 5) is 75.2. The van der Waals surface area contributed by atoms with Crippen LogP contribution in [0, 0.1) is 0 Å².